The van der Waals surface area contributed by atoms with Crippen molar-refractivity contribution in [3.63, 3.8) is 0 Å². The summed E-state index contributed by atoms with van der Waals surface area (Å²) in [5.74, 6) is 0. The molecule has 0 bridgehead atoms. The van der Waals surface area contributed by atoms with Crippen LogP contribution in [0.4, 0.5) is 0 Å². The summed E-state index contributed by atoms with van der Waals surface area (Å²) in [7, 11) is 0. The van der Waals surface area contributed by atoms with Crippen molar-refractivity contribution in [2.45, 2.75) is 0 Å². The second-order valence-corrected chi connectivity index (χ2v) is 0. The molecule has 0 aromatic rings. The van der Waals surface area contributed by atoms with Gasteiger partial charge in [-0.15, -0.1) is 0 Å². The number of rotatable bonds is 0. The van der Waals surface area contributed by atoms with Crippen LogP contribution in [0, 0.1) is 0 Å². The Labute approximate surface area is 56.8 Å². The first-order chi connectivity index (χ1) is 1.00. The van der Waals surface area contributed by atoms with Crippen LogP contribution in [0.25, 0.3) is 0 Å². The second kappa shape index (κ2) is 27.4. The topological polar surface area (TPSA) is 17.1 Å². The molecule has 21 valence electrons. The van der Waals surface area contributed by atoms with E-state index in [1.165, 1.54) is 0 Å². The number of hydrogen-bond acceptors (Lipinski definition) is 2. The van der Waals surface area contributed by atoms with Gasteiger partial charge >= 0.3 is 0 Å². The molecule has 1 nitrogen and oxygen atoms in total. The Morgan fingerprint density at radius 1 is 1.25 bits per heavy atom. The van der Waals surface area contributed by atoms with Crippen LogP contribution in [0.2, 0.25) is 0 Å². The first-order valence-electron chi connectivity index (χ1n) is 0.167. The maximum Gasteiger partial charge on any atom is 0.197 e. The third-order valence-electron chi connectivity index (χ3n) is 0. The zero-order valence-corrected chi connectivity index (χ0v) is 5.54. The Bertz CT molecular complexity index is 8.00. The van der Waals surface area contributed by atoms with Crippen LogP contribution in [-0.2, 0) is 52.8 Å². The standard InChI is InChI=1S/OS.Ti.V/c1-2;;. The van der Waals surface area contributed by atoms with Crippen LogP contribution < -0.4 is 0 Å². The average Bonchev–Trinajstić information content (AvgIpc) is 1.00. The third-order valence-corrected chi connectivity index (χ3v) is 0. The van der Waals surface area contributed by atoms with E-state index in [0.29, 0.717) is 0 Å². The molecule has 0 rings (SSSR count). The molecule has 0 spiro atoms. The summed E-state index contributed by atoms with van der Waals surface area (Å²) in [5.41, 5.74) is 0. The second-order valence-electron chi connectivity index (χ2n) is 0. The van der Waals surface area contributed by atoms with Crippen LogP contribution in [0.1, 0.15) is 0 Å². The average molecular weight is 147 g/mol. The van der Waals surface area contributed by atoms with E-state index < -0.39 is 0 Å². The molecule has 0 fully saturated rings. The molecule has 0 saturated carbocycles. The van der Waals surface area contributed by atoms with E-state index in [1.54, 1.807) is 0 Å². The summed E-state index contributed by atoms with van der Waals surface area (Å²) >= 11 is 2.83. The normalized spacial score (nSPS) is 1.00. The van der Waals surface area contributed by atoms with Gasteiger partial charge in [0, 0.05) is 40.3 Å². The maximum atomic E-state index is 7.83. The van der Waals surface area contributed by atoms with Gasteiger partial charge in [-0.1, -0.05) is 0 Å². The smallest absolute Gasteiger partial charge is 0.197 e. The van der Waals surface area contributed by atoms with Crippen LogP contribution >= 0.6 is 0 Å². The molecule has 0 unspecified atom stereocenters. The van der Waals surface area contributed by atoms with Crippen LogP contribution in [0.15, 0.2) is 0 Å². The van der Waals surface area contributed by atoms with E-state index >= 15 is 0 Å². The van der Waals surface area contributed by atoms with Gasteiger partial charge in [0.15, 0.2) is 12.5 Å². The molecule has 0 aromatic heterocycles. The summed E-state index contributed by atoms with van der Waals surface area (Å²) in [4.78, 5) is 0. The van der Waals surface area contributed by atoms with Gasteiger partial charge in [-0.05, 0) is 0 Å². The molecule has 0 N–H and O–H groups in total. The van der Waals surface area contributed by atoms with Gasteiger partial charge in [0.25, 0.3) is 0 Å². The molecular formula is OSTiV. The molecule has 0 aliphatic heterocycles. The van der Waals surface area contributed by atoms with Crippen molar-refractivity contribution in [3.8, 4) is 0 Å². The molecule has 0 aromatic carbocycles. The Morgan fingerprint density at radius 3 is 1.25 bits per heavy atom. The molecule has 4 heteroatoms. The fourth-order valence-corrected chi connectivity index (χ4v) is 0. The van der Waals surface area contributed by atoms with E-state index in [0.717, 1.165) is 0 Å². The molecular weight excluding hydrogens is 147 g/mol. The molecule has 0 amide bonds. The predicted molar refractivity (Wildman–Crippen MR) is 8.14 cm³/mol. The minimum Gasteiger partial charge on any atom is -0.197 e. The number of hydrogen-bond donors (Lipinski definition) is 0. The van der Waals surface area contributed by atoms with Crippen LogP contribution in [-0.4, -0.2) is 4.21 Å². The van der Waals surface area contributed by atoms with Gasteiger partial charge in [0.2, 0.25) is 0 Å². The summed E-state index contributed by atoms with van der Waals surface area (Å²) < 4.78 is 7.83. The molecule has 0 heterocycles. The fraction of sp³-hybridized carbons (Fsp3) is 0. The van der Waals surface area contributed by atoms with Crippen molar-refractivity contribution in [2.24, 2.45) is 0 Å². The molecule has 4 heavy (non-hydrogen) atoms. The van der Waals surface area contributed by atoms with Crippen molar-refractivity contribution in [1.82, 2.24) is 0 Å². The van der Waals surface area contributed by atoms with Crippen molar-refractivity contribution in [1.29, 1.82) is 0 Å². The zero-order valence-electron chi connectivity index (χ0n) is 1.76. The van der Waals surface area contributed by atoms with E-state index in [-0.39, 0.29) is 40.3 Å². The third kappa shape index (κ3) is 10.3. The van der Waals surface area contributed by atoms with Gasteiger partial charge < -0.3 is 0 Å². The quantitative estimate of drug-likeness (QED) is 0.436. The first-order valence-corrected chi connectivity index (χ1v) is 0.500. The van der Waals surface area contributed by atoms with E-state index in [2.05, 4.69) is 12.5 Å². The monoisotopic (exact) mass is 147 g/mol. The predicted octanol–water partition coefficient (Wildman–Crippen LogP) is -0.341. The minimum atomic E-state index is 0. The maximum absolute atomic E-state index is 7.83. The molecule has 0 aliphatic carbocycles. The fourth-order valence-electron chi connectivity index (χ4n) is 0. The van der Waals surface area contributed by atoms with Crippen molar-refractivity contribution in [2.75, 3.05) is 0 Å². The minimum absolute atomic E-state index is 0. The van der Waals surface area contributed by atoms with Crippen molar-refractivity contribution < 1.29 is 44.5 Å². The Hall–Kier alpha value is 1.32. The van der Waals surface area contributed by atoms with Crippen LogP contribution in [0.5, 0.6) is 0 Å². The summed E-state index contributed by atoms with van der Waals surface area (Å²) in [6.45, 7) is 0. The van der Waals surface area contributed by atoms with Crippen molar-refractivity contribution in [3.05, 3.63) is 0 Å². The zero-order chi connectivity index (χ0) is 2.00. The summed E-state index contributed by atoms with van der Waals surface area (Å²) in [6.07, 6.45) is 0. The van der Waals surface area contributed by atoms with Gasteiger partial charge in [-0.3, -0.25) is 0 Å². The van der Waals surface area contributed by atoms with Gasteiger partial charge in [-0.25, -0.2) is 0 Å². The summed E-state index contributed by atoms with van der Waals surface area (Å²) in [5, 5.41) is 0. The molecule has 0 atom stereocenters. The van der Waals surface area contributed by atoms with E-state index in [4.69, 9.17) is 4.21 Å². The van der Waals surface area contributed by atoms with E-state index in [9.17, 15) is 0 Å². The SMILES string of the molecule is O=S.[Ti].[V]. The van der Waals surface area contributed by atoms with Gasteiger partial charge in [0.05, 0.1) is 0 Å². The first kappa shape index (κ1) is 18.5. The largest absolute Gasteiger partial charge is 0.197 e. The Kier molecular flexibility index (Phi) is 126. The Morgan fingerprint density at radius 2 is 1.25 bits per heavy atom. The van der Waals surface area contributed by atoms with Gasteiger partial charge in [0.1, 0.15) is 0 Å². The van der Waals surface area contributed by atoms with Crippen molar-refractivity contribution >= 4 is 12.5 Å². The molecule has 0 aliphatic rings. The van der Waals surface area contributed by atoms with E-state index in [1.807, 2.05) is 0 Å². The molecule has 1 radical (unpaired) electrons. The van der Waals surface area contributed by atoms with Gasteiger partial charge in [-0.2, -0.15) is 4.21 Å². The molecule has 0 saturated heterocycles. The summed E-state index contributed by atoms with van der Waals surface area (Å²) in [6, 6.07) is 0. The Balaban J connectivity index is -0.00000000500. The van der Waals surface area contributed by atoms with Crippen LogP contribution in [0.3, 0.4) is 0 Å².